The number of hydrogen-bond acceptors (Lipinski definition) is 2. The number of nitrogens with zero attached hydrogens (tertiary/aromatic N) is 3. The van der Waals surface area contributed by atoms with Crippen LogP contribution >= 0.6 is 0 Å². The molecule has 0 spiro atoms. The number of benzene rings is 7. The van der Waals surface area contributed by atoms with Crippen LogP contribution in [0.3, 0.4) is 0 Å². The average Bonchev–Trinajstić information content (AvgIpc) is 3.57. The van der Waals surface area contributed by atoms with Crippen LogP contribution in [-0.4, -0.2) is 17.6 Å². The van der Waals surface area contributed by atoms with E-state index in [-0.39, 0.29) is 0 Å². The summed E-state index contributed by atoms with van der Waals surface area (Å²) in [5, 5.41) is 5.51. The Bertz CT molecular complexity index is 2310. The summed E-state index contributed by atoms with van der Waals surface area (Å²) in [5.41, 5.74) is 9.18. The molecule has 234 valence electrons. The van der Waals surface area contributed by atoms with Crippen LogP contribution in [0, 0.1) is 0 Å². The van der Waals surface area contributed by atoms with Gasteiger partial charge in [0, 0.05) is 12.1 Å². The van der Waals surface area contributed by atoms with Crippen molar-refractivity contribution in [2.45, 2.75) is 13.3 Å². The van der Waals surface area contributed by atoms with E-state index in [9.17, 15) is 0 Å². The zero-order valence-corrected chi connectivity index (χ0v) is 28.4. The van der Waals surface area contributed by atoms with E-state index in [0.29, 0.717) is 0 Å². The standard InChI is InChI=1S/C45H35N3Si/c1-2-44-46-40-24-15-25-42-45(40)48(44)43-32-34(28-31-41(43)47(42)35-16-7-3-8-17-35)33-26-29-39(30-27-33)49(36-18-9-4-10-19-36,37-20-11-5-12-21-37)38-22-13-6-14-23-38/h3-32H,2H2,1H3. The van der Waals surface area contributed by atoms with E-state index in [2.05, 4.69) is 198 Å². The van der Waals surface area contributed by atoms with Crippen molar-refractivity contribution in [3.63, 3.8) is 0 Å². The van der Waals surface area contributed by atoms with Crippen LogP contribution in [0.2, 0.25) is 0 Å². The predicted octanol–water partition coefficient (Wildman–Crippen LogP) is 8.42. The first-order valence-electron chi connectivity index (χ1n) is 17.0. The number of hydrogen-bond donors (Lipinski definition) is 0. The van der Waals surface area contributed by atoms with Crippen molar-refractivity contribution >= 4 is 56.9 Å². The van der Waals surface area contributed by atoms with Gasteiger partial charge in [0.2, 0.25) is 0 Å². The summed E-state index contributed by atoms with van der Waals surface area (Å²) in [6.45, 7) is 2.19. The molecule has 7 aromatic carbocycles. The second-order valence-electron chi connectivity index (χ2n) is 12.7. The Kier molecular flexibility index (Phi) is 7.10. The van der Waals surface area contributed by atoms with Gasteiger partial charge in [-0.05, 0) is 68.3 Å². The van der Waals surface area contributed by atoms with Crippen molar-refractivity contribution in [1.29, 1.82) is 0 Å². The summed E-state index contributed by atoms with van der Waals surface area (Å²) in [6.07, 6.45) is 0.850. The van der Waals surface area contributed by atoms with Crippen molar-refractivity contribution in [3.8, 4) is 16.8 Å². The molecule has 49 heavy (non-hydrogen) atoms. The lowest BCUT2D eigenvalue weighted by Gasteiger charge is -2.34. The number of rotatable bonds is 7. The van der Waals surface area contributed by atoms with Gasteiger partial charge in [-0.15, -0.1) is 0 Å². The van der Waals surface area contributed by atoms with Crippen molar-refractivity contribution in [3.05, 3.63) is 188 Å². The van der Waals surface area contributed by atoms with Crippen LogP contribution < -0.4 is 25.6 Å². The third-order valence-corrected chi connectivity index (χ3v) is 14.8. The zero-order chi connectivity index (χ0) is 32.8. The maximum absolute atomic E-state index is 5.10. The Hall–Kier alpha value is -5.97. The molecular weight excluding hydrogens is 611 g/mol. The molecule has 1 aromatic heterocycles. The molecule has 1 aliphatic rings. The highest BCUT2D eigenvalue weighted by molar-refractivity contribution is 7.19. The molecule has 0 bridgehead atoms. The normalized spacial score (nSPS) is 12.2. The number of aromatic nitrogens is 2. The number of para-hydroxylation sites is 2. The lowest BCUT2D eigenvalue weighted by Crippen LogP contribution is -2.74. The molecule has 0 atom stereocenters. The van der Waals surface area contributed by atoms with Gasteiger partial charge in [-0.2, -0.15) is 0 Å². The average molecular weight is 646 g/mol. The first kappa shape index (κ1) is 29.2. The fourth-order valence-electron chi connectivity index (χ4n) is 7.87. The van der Waals surface area contributed by atoms with Gasteiger partial charge in [-0.1, -0.05) is 153 Å². The smallest absolute Gasteiger partial charge is 0.179 e. The third kappa shape index (κ3) is 4.60. The highest BCUT2D eigenvalue weighted by atomic mass is 28.3. The minimum absolute atomic E-state index is 0.850. The van der Waals surface area contributed by atoms with Gasteiger partial charge in [0.1, 0.15) is 5.82 Å². The highest BCUT2D eigenvalue weighted by Gasteiger charge is 2.41. The van der Waals surface area contributed by atoms with Crippen molar-refractivity contribution in [2.24, 2.45) is 0 Å². The Morgan fingerprint density at radius 1 is 0.469 bits per heavy atom. The molecule has 2 heterocycles. The van der Waals surface area contributed by atoms with Crippen molar-refractivity contribution < 1.29 is 0 Å². The molecule has 0 radical (unpaired) electrons. The lowest BCUT2D eigenvalue weighted by atomic mass is 10.0. The lowest BCUT2D eigenvalue weighted by molar-refractivity contribution is 0.900. The topological polar surface area (TPSA) is 21.1 Å². The monoisotopic (exact) mass is 645 g/mol. The van der Waals surface area contributed by atoms with E-state index in [4.69, 9.17) is 4.98 Å². The summed E-state index contributed by atoms with van der Waals surface area (Å²) in [4.78, 5) is 7.48. The number of fused-ring (bicyclic) bond motifs is 2. The molecule has 8 aromatic rings. The van der Waals surface area contributed by atoms with Crippen LogP contribution in [0.5, 0.6) is 0 Å². The Labute approximate surface area is 288 Å². The molecule has 0 amide bonds. The van der Waals surface area contributed by atoms with Crippen LogP contribution in [0.25, 0.3) is 27.8 Å². The zero-order valence-electron chi connectivity index (χ0n) is 27.4. The van der Waals surface area contributed by atoms with Crippen LogP contribution in [0.4, 0.5) is 17.1 Å². The summed E-state index contributed by atoms with van der Waals surface area (Å²) < 4.78 is 2.38. The number of anilines is 3. The van der Waals surface area contributed by atoms with E-state index >= 15 is 0 Å². The summed E-state index contributed by atoms with van der Waals surface area (Å²) in [6, 6.07) is 66.8. The van der Waals surface area contributed by atoms with E-state index in [1.165, 1.54) is 31.9 Å². The number of imidazole rings is 1. The van der Waals surface area contributed by atoms with Gasteiger partial charge in [0.15, 0.2) is 8.07 Å². The molecule has 4 heteroatoms. The summed E-state index contributed by atoms with van der Waals surface area (Å²) in [5.74, 6) is 1.08. The number of aryl methyl sites for hydroxylation is 1. The van der Waals surface area contributed by atoms with E-state index in [1.807, 2.05) is 0 Å². The van der Waals surface area contributed by atoms with Crippen molar-refractivity contribution in [2.75, 3.05) is 4.90 Å². The highest BCUT2D eigenvalue weighted by Crippen LogP contribution is 2.47. The molecule has 0 saturated heterocycles. The summed E-state index contributed by atoms with van der Waals surface area (Å²) >= 11 is 0. The fraction of sp³-hybridized carbons (Fsp3) is 0.0444. The molecule has 0 aliphatic carbocycles. The van der Waals surface area contributed by atoms with Gasteiger partial charge >= 0.3 is 0 Å². The minimum Gasteiger partial charge on any atom is -0.306 e. The largest absolute Gasteiger partial charge is 0.306 e. The Balaban J connectivity index is 1.22. The minimum atomic E-state index is -2.59. The fourth-order valence-corrected chi connectivity index (χ4v) is 12.6. The predicted molar refractivity (Wildman–Crippen MR) is 208 cm³/mol. The van der Waals surface area contributed by atoms with Gasteiger partial charge in [0.25, 0.3) is 0 Å². The SMILES string of the molecule is CCc1nc2cccc3c2n1-c1cc(-c2ccc([Si](c4ccccc4)(c4ccccc4)c4ccccc4)cc2)ccc1N3c1ccccc1. The maximum atomic E-state index is 5.10. The molecular formula is C45H35N3Si. The van der Waals surface area contributed by atoms with E-state index in [0.717, 1.165) is 46.0 Å². The second-order valence-corrected chi connectivity index (χ2v) is 16.5. The molecule has 1 aliphatic heterocycles. The quantitative estimate of drug-likeness (QED) is 0.128. The van der Waals surface area contributed by atoms with Crippen LogP contribution in [0.15, 0.2) is 182 Å². The Morgan fingerprint density at radius 2 is 1.00 bits per heavy atom. The molecule has 0 saturated carbocycles. The van der Waals surface area contributed by atoms with Gasteiger partial charge in [0.05, 0.1) is 28.1 Å². The molecule has 0 N–H and O–H groups in total. The molecule has 9 rings (SSSR count). The van der Waals surface area contributed by atoms with Gasteiger partial charge in [-0.25, -0.2) is 4.98 Å². The van der Waals surface area contributed by atoms with E-state index in [1.54, 1.807) is 0 Å². The van der Waals surface area contributed by atoms with Gasteiger partial charge in [-0.3, -0.25) is 4.57 Å². The van der Waals surface area contributed by atoms with Crippen LogP contribution in [0.1, 0.15) is 12.7 Å². The van der Waals surface area contributed by atoms with Crippen LogP contribution in [-0.2, 0) is 6.42 Å². The Morgan fingerprint density at radius 3 is 1.57 bits per heavy atom. The first-order chi connectivity index (χ1) is 24.3. The maximum Gasteiger partial charge on any atom is 0.179 e. The first-order valence-corrected chi connectivity index (χ1v) is 19.0. The molecule has 3 nitrogen and oxygen atoms in total. The summed E-state index contributed by atoms with van der Waals surface area (Å²) in [7, 11) is -2.59. The molecule has 0 fully saturated rings. The second kappa shape index (κ2) is 11.9. The van der Waals surface area contributed by atoms with Gasteiger partial charge < -0.3 is 4.90 Å². The van der Waals surface area contributed by atoms with E-state index < -0.39 is 8.07 Å². The molecule has 0 unspecified atom stereocenters. The third-order valence-electron chi connectivity index (χ3n) is 10.0. The van der Waals surface area contributed by atoms with Crippen molar-refractivity contribution in [1.82, 2.24) is 9.55 Å².